The number of imidazole rings is 1. The molecule has 0 saturated carbocycles. The third-order valence-corrected chi connectivity index (χ3v) is 9.68. The van der Waals surface area contributed by atoms with Crippen molar-refractivity contribution in [3.63, 3.8) is 0 Å². The van der Waals surface area contributed by atoms with E-state index in [9.17, 15) is 22.8 Å². The molecule has 256 valence electrons. The number of alkyl halides is 1. The zero-order valence-electron chi connectivity index (χ0n) is 27.2. The Morgan fingerprint density at radius 3 is 2.65 bits per heavy atom. The lowest BCUT2D eigenvalue weighted by Gasteiger charge is -2.29. The molecule has 12 heteroatoms. The van der Waals surface area contributed by atoms with Crippen molar-refractivity contribution in [3.8, 4) is 11.5 Å². The number of aromatic amines is 1. The van der Waals surface area contributed by atoms with E-state index in [2.05, 4.69) is 15.6 Å². The molecule has 0 unspecified atom stereocenters. The molecule has 0 bridgehead atoms. The number of benzene rings is 3. The Hall–Kier alpha value is -4.84. The molecule has 9 nitrogen and oxygen atoms in total. The molecule has 0 aliphatic carbocycles. The normalized spacial score (nSPS) is 19.9. The first-order chi connectivity index (χ1) is 23.8. The van der Waals surface area contributed by atoms with E-state index in [0.29, 0.717) is 60.4 Å². The Kier molecular flexibility index (Phi) is 9.31. The van der Waals surface area contributed by atoms with E-state index in [4.69, 9.17) is 9.72 Å². The first-order valence-corrected chi connectivity index (χ1v) is 16.9. The molecule has 3 aromatic carbocycles. The third kappa shape index (κ3) is 6.87. The number of carbonyl (C=O) groups is 2. The molecule has 2 fully saturated rings. The number of alkyl carbamates (subject to hydrolysis) is 1. The lowest BCUT2D eigenvalue weighted by atomic mass is 9.99. The smallest absolute Gasteiger partial charge is 0.408 e. The first-order valence-electron chi connectivity index (χ1n) is 16.9. The Morgan fingerprint density at radius 2 is 1.88 bits per heavy atom. The Morgan fingerprint density at radius 1 is 1.08 bits per heavy atom. The van der Waals surface area contributed by atoms with Crippen LogP contribution in [0.2, 0.25) is 0 Å². The van der Waals surface area contributed by atoms with Crippen LogP contribution >= 0.6 is 0 Å². The summed E-state index contributed by atoms with van der Waals surface area (Å²) in [6.07, 6.45) is 1.07. The number of H-pyrrole nitrogens is 1. The molecule has 3 N–H and O–H groups in total. The van der Waals surface area contributed by atoms with Crippen LogP contribution in [0, 0.1) is 11.6 Å². The molecule has 4 heterocycles. The number of fused-ring (bicyclic) bond motifs is 2. The number of hydrogen-bond donors (Lipinski definition) is 3. The molecular formula is C37H39F3N6O3. The van der Waals surface area contributed by atoms with Gasteiger partial charge in [-0.15, -0.1) is 0 Å². The van der Waals surface area contributed by atoms with E-state index < -0.39 is 29.9 Å². The molecule has 0 spiro atoms. The maximum atomic E-state index is 14.5. The third-order valence-electron chi connectivity index (χ3n) is 9.68. The van der Waals surface area contributed by atoms with Crippen LogP contribution in [0.15, 0.2) is 66.7 Å². The van der Waals surface area contributed by atoms with Crippen molar-refractivity contribution < 1.29 is 27.5 Å². The molecule has 7 rings (SSSR count). The van der Waals surface area contributed by atoms with Gasteiger partial charge in [0.25, 0.3) is 0 Å². The van der Waals surface area contributed by atoms with Crippen molar-refractivity contribution in [2.24, 2.45) is 0 Å². The van der Waals surface area contributed by atoms with Gasteiger partial charge in [0.2, 0.25) is 5.91 Å². The van der Waals surface area contributed by atoms with Crippen LogP contribution in [-0.2, 0) is 29.1 Å². The zero-order chi connectivity index (χ0) is 34.1. The lowest BCUT2D eigenvalue weighted by Crippen LogP contribution is -2.50. The molecule has 49 heavy (non-hydrogen) atoms. The standard InChI is InChI=1S/C37H39F3N6O3/c1-2-30(44-37(48)49-21-22-7-4-3-5-8-22)36(47)45-14-6-9-27(45)18-29-28-12-10-23(38)16-31(28)42-34(29)35-43-32-17-24(39)11-13-33(32)46(35)20-26-15-25(40)19-41-26/h3-5,7-8,10-13,16-17,25-27,30,41-42H,2,6,9,14-15,18-21H2,1H3,(H,44,48)/t25-,26-,27-,30-/m0/s1. The lowest BCUT2D eigenvalue weighted by molar-refractivity contribution is -0.134. The summed E-state index contributed by atoms with van der Waals surface area (Å²) in [5.41, 5.74) is 4.06. The van der Waals surface area contributed by atoms with E-state index in [1.54, 1.807) is 12.1 Å². The number of halogens is 3. The number of hydrogen-bond acceptors (Lipinski definition) is 5. The van der Waals surface area contributed by atoms with Crippen molar-refractivity contribution in [1.82, 2.24) is 30.1 Å². The summed E-state index contributed by atoms with van der Waals surface area (Å²) < 4.78 is 50.4. The highest BCUT2D eigenvalue weighted by Gasteiger charge is 2.35. The molecular weight excluding hydrogens is 633 g/mol. The van der Waals surface area contributed by atoms with E-state index in [-0.39, 0.29) is 31.1 Å². The van der Waals surface area contributed by atoms with E-state index in [1.807, 2.05) is 46.7 Å². The maximum Gasteiger partial charge on any atom is 0.408 e. The molecule has 4 atom stereocenters. The second-order valence-corrected chi connectivity index (χ2v) is 13.0. The Labute approximate surface area is 281 Å². The van der Waals surface area contributed by atoms with E-state index >= 15 is 0 Å². The molecule has 2 aromatic heterocycles. The zero-order valence-corrected chi connectivity index (χ0v) is 27.2. The van der Waals surface area contributed by atoms with Gasteiger partial charge in [-0.3, -0.25) is 4.79 Å². The summed E-state index contributed by atoms with van der Waals surface area (Å²) in [6, 6.07) is 17.2. The van der Waals surface area contributed by atoms with Crippen molar-refractivity contribution in [2.45, 2.75) is 76.5 Å². The quantitative estimate of drug-likeness (QED) is 0.159. The van der Waals surface area contributed by atoms with Crippen molar-refractivity contribution in [2.75, 3.05) is 13.1 Å². The Bertz CT molecular complexity index is 1980. The highest BCUT2D eigenvalue weighted by molar-refractivity contribution is 5.92. The molecule has 5 aromatic rings. The number of nitrogens with one attached hydrogen (secondary N) is 3. The highest BCUT2D eigenvalue weighted by atomic mass is 19.1. The van der Waals surface area contributed by atoms with Crippen LogP contribution in [0.25, 0.3) is 33.5 Å². The molecule has 2 aliphatic heterocycles. The average Bonchev–Trinajstić information content (AvgIpc) is 3.89. The fourth-order valence-corrected chi connectivity index (χ4v) is 7.26. The minimum absolute atomic E-state index is 0.0934. The Balaban J connectivity index is 1.19. The molecule has 2 saturated heterocycles. The van der Waals surface area contributed by atoms with Crippen molar-refractivity contribution in [1.29, 1.82) is 0 Å². The van der Waals surface area contributed by atoms with E-state index in [0.717, 1.165) is 29.4 Å². The summed E-state index contributed by atoms with van der Waals surface area (Å²) in [5, 5.41) is 6.77. The fourth-order valence-electron chi connectivity index (χ4n) is 7.26. The van der Waals surface area contributed by atoms with E-state index in [1.165, 1.54) is 24.3 Å². The summed E-state index contributed by atoms with van der Waals surface area (Å²) in [5.74, 6) is -0.486. The van der Waals surface area contributed by atoms with Gasteiger partial charge in [-0.1, -0.05) is 37.3 Å². The number of likely N-dealkylation sites (tertiary alicyclic amines) is 1. The van der Waals surface area contributed by atoms with Crippen molar-refractivity contribution >= 4 is 33.9 Å². The second kappa shape index (κ2) is 13.9. The summed E-state index contributed by atoms with van der Waals surface area (Å²) >= 11 is 0. The maximum absolute atomic E-state index is 14.5. The molecule has 2 amide bonds. The second-order valence-electron chi connectivity index (χ2n) is 13.0. The van der Waals surface area contributed by atoms with Crippen LogP contribution in [0.4, 0.5) is 18.0 Å². The van der Waals surface area contributed by atoms with Gasteiger partial charge in [-0.05, 0) is 73.6 Å². The minimum atomic E-state index is -0.953. The van der Waals surface area contributed by atoms with Gasteiger partial charge in [-0.25, -0.2) is 22.9 Å². The predicted octanol–water partition coefficient (Wildman–Crippen LogP) is 6.40. The van der Waals surface area contributed by atoms with Crippen LogP contribution in [0.5, 0.6) is 0 Å². The van der Waals surface area contributed by atoms with Gasteiger partial charge in [0.15, 0.2) is 5.82 Å². The predicted molar refractivity (Wildman–Crippen MR) is 181 cm³/mol. The first kappa shape index (κ1) is 32.7. The number of amides is 2. The van der Waals surface area contributed by atoms with Gasteiger partial charge in [-0.2, -0.15) is 0 Å². The average molecular weight is 673 g/mol. The van der Waals surface area contributed by atoms with Gasteiger partial charge in [0.1, 0.15) is 30.5 Å². The number of carbonyl (C=O) groups excluding carboxylic acids is 2. The summed E-state index contributed by atoms with van der Waals surface area (Å²) in [7, 11) is 0. The largest absolute Gasteiger partial charge is 0.445 e. The SMILES string of the molecule is CC[C@H](NC(=O)OCc1ccccc1)C(=O)N1CCC[C@H]1Cc1c(-c2nc3cc(F)ccc3n2C[C@@H]2C[C@H](F)CN2)[nH]c2cc(F)ccc12. The van der Waals surface area contributed by atoms with Crippen molar-refractivity contribution in [3.05, 3.63) is 89.5 Å². The number of rotatable bonds is 10. The van der Waals surface area contributed by atoms with Crippen LogP contribution in [-0.4, -0.2) is 68.8 Å². The number of aromatic nitrogens is 3. The molecule has 2 aliphatic rings. The fraction of sp³-hybridized carbons (Fsp3) is 0.378. The number of ether oxygens (including phenoxy) is 1. The van der Waals surface area contributed by atoms with Gasteiger partial charge >= 0.3 is 6.09 Å². The van der Waals surface area contributed by atoms with Gasteiger partial charge in [0.05, 0.1) is 16.7 Å². The van der Waals surface area contributed by atoms with Crippen LogP contribution in [0.1, 0.15) is 43.7 Å². The van der Waals surface area contributed by atoms with Crippen LogP contribution in [0.3, 0.4) is 0 Å². The van der Waals surface area contributed by atoms with Crippen LogP contribution < -0.4 is 10.6 Å². The van der Waals surface area contributed by atoms with Gasteiger partial charge in [0, 0.05) is 48.7 Å². The topological polar surface area (TPSA) is 104 Å². The summed E-state index contributed by atoms with van der Waals surface area (Å²) in [6.45, 7) is 3.13. The minimum Gasteiger partial charge on any atom is -0.445 e. The molecule has 0 radical (unpaired) electrons. The monoisotopic (exact) mass is 672 g/mol. The number of nitrogens with zero attached hydrogens (tertiary/aromatic N) is 3. The summed E-state index contributed by atoms with van der Waals surface area (Å²) in [4.78, 5) is 36.7. The highest BCUT2D eigenvalue weighted by Crippen LogP contribution is 2.36. The van der Waals surface area contributed by atoms with Gasteiger partial charge < -0.3 is 29.8 Å².